The van der Waals surface area contributed by atoms with Crippen LogP contribution >= 0.6 is 11.6 Å². The fourth-order valence-electron chi connectivity index (χ4n) is 1.50. The summed E-state index contributed by atoms with van der Waals surface area (Å²) in [6, 6.07) is 1.74. The van der Waals surface area contributed by atoms with Crippen LogP contribution in [0, 0.1) is 13.8 Å². The molecule has 2 aromatic rings. The lowest BCUT2D eigenvalue weighted by molar-refractivity contribution is -0.137. The topological polar surface area (TPSA) is 30.7 Å². The van der Waals surface area contributed by atoms with E-state index in [-0.39, 0.29) is 11.0 Å². The highest BCUT2D eigenvalue weighted by molar-refractivity contribution is 6.29. The summed E-state index contributed by atoms with van der Waals surface area (Å²) in [5, 5.41) is -0.203. The molecule has 0 spiro atoms. The normalized spacial score (nSPS) is 11.9. The van der Waals surface area contributed by atoms with Crippen molar-refractivity contribution < 1.29 is 13.2 Å². The summed E-state index contributed by atoms with van der Waals surface area (Å²) >= 11 is 5.62. The van der Waals surface area contributed by atoms with Gasteiger partial charge in [0.25, 0.3) is 0 Å². The van der Waals surface area contributed by atoms with Crippen molar-refractivity contribution in [2.75, 3.05) is 0 Å². The highest BCUT2D eigenvalue weighted by Crippen LogP contribution is 2.31. The second-order valence-electron chi connectivity index (χ2n) is 3.82. The van der Waals surface area contributed by atoms with Gasteiger partial charge >= 0.3 is 6.18 Å². The van der Waals surface area contributed by atoms with Crippen molar-refractivity contribution in [1.82, 2.24) is 14.5 Å². The van der Waals surface area contributed by atoms with Crippen LogP contribution in [0.3, 0.4) is 0 Å². The summed E-state index contributed by atoms with van der Waals surface area (Å²) in [6.45, 7) is 3.51. The van der Waals surface area contributed by atoms with Crippen molar-refractivity contribution in [2.24, 2.45) is 0 Å². The minimum Gasteiger partial charge on any atom is -0.287 e. The maximum Gasteiger partial charge on any atom is 0.416 e. The van der Waals surface area contributed by atoms with Crippen LogP contribution in [-0.4, -0.2) is 14.5 Å². The zero-order valence-electron chi connectivity index (χ0n) is 9.59. The van der Waals surface area contributed by atoms with Crippen LogP contribution in [0.5, 0.6) is 0 Å². The zero-order valence-corrected chi connectivity index (χ0v) is 10.3. The Morgan fingerprint density at radius 1 is 1.22 bits per heavy atom. The molecule has 96 valence electrons. The second-order valence-corrected chi connectivity index (χ2v) is 4.21. The number of hydrogen-bond acceptors (Lipinski definition) is 2. The molecule has 0 N–H and O–H groups in total. The molecule has 0 unspecified atom stereocenters. The molecule has 0 fully saturated rings. The van der Waals surface area contributed by atoms with E-state index in [1.165, 1.54) is 10.9 Å². The number of nitrogens with zero attached hydrogens (tertiary/aromatic N) is 3. The van der Waals surface area contributed by atoms with Gasteiger partial charge in [-0.15, -0.1) is 0 Å². The molecule has 0 atom stereocenters. The van der Waals surface area contributed by atoms with Gasteiger partial charge in [-0.25, -0.2) is 9.97 Å². The first kappa shape index (κ1) is 12.9. The first-order chi connectivity index (χ1) is 8.29. The molecule has 7 heteroatoms. The van der Waals surface area contributed by atoms with Crippen molar-refractivity contribution in [3.8, 4) is 5.82 Å². The van der Waals surface area contributed by atoms with Gasteiger partial charge in [-0.3, -0.25) is 4.57 Å². The van der Waals surface area contributed by atoms with Gasteiger partial charge in [-0.1, -0.05) is 11.6 Å². The summed E-state index contributed by atoms with van der Waals surface area (Å²) in [7, 11) is 0. The van der Waals surface area contributed by atoms with Crippen LogP contribution in [0.4, 0.5) is 13.2 Å². The molecule has 0 radical (unpaired) electrons. The molecule has 3 nitrogen and oxygen atoms in total. The van der Waals surface area contributed by atoms with E-state index in [2.05, 4.69) is 9.97 Å². The van der Waals surface area contributed by atoms with Gasteiger partial charge < -0.3 is 0 Å². The van der Waals surface area contributed by atoms with Crippen molar-refractivity contribution in [3.63, 3.8) is 0 Å². The largest absolute Gasteiger partial charge is 0.416 e. The minimum absolute atomic E-state index is 0.105. The number of aryl methyl sites for hydroxylation is 1. The van der Waals surface area contributed by atoms with Crippen molar-refractivity contribution >= 4 is 11.6 Å². The quantitative estimate of drug-likeness (QED) is 0.745. The average Bonchev–Trinajstić information content (AvgIpc) is 2.58. The predicted octanol–water partition coefficient (Wildman–Crippen LogP) is 3.56. The Labute approximate surface area is 106 Å². The molecular formula is C11H9ClF3N3. The highest BCUT2D eigenvalue weighted by Gasteiger charge is 2.31. The Morgan fingerprint density at radius 2 is 1.89 bits per heavy atom. The third kappa shape index (κ3) is 2.33. The van der Waals surface area contributed by atoms with Gasteiger partial charge in [-0.05, 0) is 26.0 Å². The molecule has 2 aromatic heterocycles. The predicted molar refractivity (Wildman–Crippen MR) is 60.8 cm³/mol. The van der Waals surface area contributed by atoms with E-state index in [1.807, 2.05) is 0 Å². The molecule has 0 aliphatic heterocycles. The van der Waals surface area contributed by atoms with E-state index >= 15 is 0 Å². The summed E-state index contributed by atoms with van der Waals surface area (Å²) in [5.74, 6) is 0.105. The maximum atomic E-state index is 12.7. The fraction of sp³-hybridized carbons (Fsp3) is 0.273. The monoisotopic (exact) mass is 275 g/mol. The van der Waals surface area contributed by atoms with Crippen LogP contribution in [-0.2, 0) is 6.18 Å². The summed E-state index contributed by atoms with van der Waals surface area (Å²) in [6.07, 6.45) is -3.03. The van der Waals surface area contributed by atoms with E-state index in [0.717, 1.165) is 23.5 Å². The van der Waals surface area contributed by atoms with E-state index < -0.39 is 11.7 Å². The van der Waals surface area contributed by atoms with Gasteiger partial charge in [0.1, 0.15) is 17.3 Å². The number of rotatable bonds is 1. The van der Waals surface area contributed by atoms with E-state index in [1.54, 1.807) is 13.8 Å². The van der Waals surface area contributed by atoms with Crippen molar-refractivity contribution in [3.05, 3.63) is 40.6 Å². The highest BCUT2D eigenvalue weighted by atomic mass is 35.5. The molecule has 18 heavy (non-hydrogen) atoms. The first-order valence-electron chi connectivity index (χ1n) is 5.05. The van der Waals surface area contributed by atoms with Crippen LogP contribution < -0.4 is 0 Å². The number of hydrogen-bond donors (Lipinski definition) is 0. The van der Waals surface area contributed by atoms with Crippen LogP contribution in [0.25, 0.3) is 5.82 Å². The van der Waals surface area contributed by atoms with Gasteiger partial charge in [-0.2, -0.15) is 13.2 Å². The zero-order chi connectivity index (χ0) is 13.5. The van der Waals surface area contributed by atoms with Crippen molar-refractivity contribution in [2.45, 2.75) is 20.0 Å². The van der Waals surface area contributed by atoms with Gasteiger partial charge in [0.15, 0.2) is 0 Å². The van der Waals surface area contributed by atoms with E-state index in [0.29, 0.717) is 0 Å². The van der Waals surface area contributed by atoms with Gasteiger partial charge in [0.05, 0.1) is 11.3 Å². The molecule has 0 bridgehead atoms. The third-order valence-corrected chi connectivity index (χ3v) is 2.80. The molecule has 0 saturated carbocycles. The summed E-state index contributed by atoms with van der Waals surface area (Å²) in [4.78, 5) is 7.89. The third-order valence-electron chi connectivity index (χ3n) is 2.61. The minimum atomic E-state index is -4.45. The number of halogens is 4. The standard InChI is InChI=1S/C11H9ClF3N3/c1-6-7(2)18(5-16-6)10-4-8(11(13,14)15)3-9(12)17-10/h3-5H,1-2H3. The number of imidazole rings is 1. The lowest BCUT2D eigenvalue weighted by Crippen LogP contribution is -2.08. The van der Waals surface area contributed by atoms with Crippen LogP contribution in [0.2, 0.25) is 5.15 Å². The second kappa shape index (κ2) is 4.28. The number of alkyl halides is 3. The van der Waals surface area contributed by atoms with Crippen LogP contribution in [0.15, 0.2) is 18.5 Å². The van der Waals surface area contributed by atoms with Gasteiger partial charge in [0, 0.05) is 5.69 Å². The lowest BCUT2D eigenvalue weighted by Gasteiger charge is -2.10. The number of aromatic nitrogens is 3. The molecule has 0 aromatic carbocycles. The molecule has 0 amide bonds. The molecule has 0 saturated heterocycles. The summed E-state index contributed by atoms with van der Waals surface area (Å²) in [5.41, 5.74) is 0.617. The Hall–Kier alpha value is -1.56. The average molecular weight is 276 g/mol. The van der Waals surface area contributed by atoms with Crippen LogP contribution in [0.1, 0.15) is 17.0 Å². The Balaban J connectivity index is 2.59. The fourth-order valence-corrected chi connectivity index (χ4v) is 1.70. The molecule has 2 heterocycles. The first-order valence-corrected chi connectivity index (χ1v) is 5.42. The van der Waals surface area contributed by atoms with E-state index in [4.69, 9.17) is 11.6 Å². The lowest BCUT2D eigenvalue weighted by atomic mass is 10.2. The Kier molecular flexibility index (Phi) is 3.06. The molecule has 0 aliphatic rings. The van der Waals surface area contributed by atoms with Gasteiger partial charge in [0.2, 0.25) is 0 Å². The summed E-state index contributed by atoms with van der Waals surface area (Å²) < 4.78 is 39.4. The SMILES string of the molecule is Cc1ncn(-c2cc(C(F)(F)F)cc(Cl)n2)c1C. The Morgan fingerprint density at radius 3 is 2.39 bits per heavy atom. The molecular weight excluding hydrogens is 267 g/mol. The molecule has 0 aliphatic carbocycles. The number of pyridine rings is 1. The Bertz CT molecular complexity index is 590. The van der Waals surface area contributed by atoms with E-state index in [9.17, 15) is 13.2 Å². The molecule has 2 rings (SSSR count). The smallest absolute Gasteiger partial charge is 0.287 e. The van der Waals surface area contributed by atoms with Crippen molar-refractivity contribution in [1.29, 1.82) is 0 Å². The maximum absolute atomic E-state index is 12.7.